The Hall–Kier alpha value is -1.79. The maximum atomic E-state index is 13.3. The van der Waals surface area contributed by atoms with Crippen LogP contribution in [-0.2, 0) is 11.3 Å². The van der Waals surface area contributed by atoms with E-state index in [4.69, 9.17) is 4.74 Å². The first-order chi connectivity index (χ1) is 9.19. The van der Waals surface area contributed by atoms with Crippen molar-refractivity contribution in [3.05, 3.63) is 41.5 Å². The van der Waals surface area contributed by atoms with Gasteiger partial charge in [-0.15, -0.1) is 5.10 Å². The zero-order chi connectivity index (χ0) is 13.7. The molecule has 0 saturated heterocycles. The van der Waals surface area contributed by atoms with Crippen molar-refractivity contribution >= 4 is 0 Å². The number of rotatable bonds is 6. The molecule has 1 aromatic heterocycles. The molecule has 0 spiro atoms. The molecule has 102 valence electrons. The van der Waals surface area contributed by atoms with Crippen LogP contribution in [0.2, 0.25) is 0 Å². The molecule has 19 heavy (non-hydrogen) atoms. The lowest BCUT2D eigenvalue weighted by Gasteiger charge is -2.02. The third-order valence-corrected chi connectivity index (χ3v) is 2.62. The van der Waals surface area contributed by atoms with Crippen LogP contribution in [0, 0.1) is 12.7 Å². The monoisotopic (exact) mass is 264 g/mol. The highest BCUT2D eigenvalue weighted by molar-refractivity contribution is 5.35. The quantitative estimate of drug-likeness (QED) is 0.802. The Bertz CT molecular complexity index is 521. The van der Waals surface area contributed by atoms with E-state index in [1.807, 2.05) is 13.0 Å². The highest BCUT2D eigenvalue weighted by atomic mass is 19.1. The highest BCUT2D eigenvalue weighted by Gasteiger charge is 2.04. The Balaban J connectivity index is 2.03. The van der Waals surface area contributed by atoms with Crippen LogP contribution < -0.4 is 5.32 Å². The second-order valence-electron chi connectivity index (χ2n) is 4.31. The summed E-state index contributed by atoms with van der Waals surface area (Å²) in [4.78, 5) is 0. The van der Waals surface area contributed by atoms with Gasteiger partial charge in [-0.3, -0.25) is 0 Å². The Morgan fingerprint density at radius 3 is 2.95 bits per heavy atom. The van der Waals surface area contributed by atoms with Gasteiger partial charge in [-0.25, -0.2) is 9.07 Å². The molecule has 0 bridgehead atoms. The SMILES string of the molecule is COCCNCc1cn(-c2cc(C)cc(F)c2)nn1. The van der Waals surface area contributed by atoms with Gasteiger partial charge in [-0.05, 0) is 30.7 Å². The van der Waals surface area contributed by atoms with Gasteiger partial charge < -0.3 is 10.1 Å². The average molecular weight is 264 g/mol. The van der Waals surface area contributed by atoms with Crippen molar-refractivity contribution in [1.29, 1.82) is 0 Å². The van der Waals surface area contributed by atoms with Crippen LogP contribution in [0.5, 0.6) is 0 Å². The molecule has 5 nitrogen and oxygen atoms in total. The Kier molecular flexibility index (Phi) is 4.59. The van der Waals surface area contributed by atoms with E-state index in [1.54, 1.807) is 18.0 Å². The van der Waals surface area contributed by atoms with E-state index in [0.717, 1.165) is 17.8 Å². The van der Waals surface area contributed by atoms with Crippen LogP contribution >= 0.6 is 0 Å². The predicted octanol–water partition coefficient (Wildman–Crippen LogP) is 1.45. The molecule has 0 saturated carbocycles. The molecule has 0 aliphatic heterocycles. The largest absolute Gasteiger partial charge is 0.383 e. The fourth-order valence-electron chi connectivity index (χ4n) is 1.75. The van der Waals surface area contributed by atoms with Crippen LogP contribution in [0.15, 0.2) is 24.4 Å². The molecule has 0 radical (unpaired) electrons. The number of aromatic nitrogens is 3. The van der Waals surface area contributed by atoms with Crippen LogP contribution in [0.4, 0.5) is 4.39 Å². The lowest BCUT2D eigenvalue weighted by molar-refractivity contribution is 0.199. The minimum absolute atomic E-state index is 0.273. The fraction of sp³-hybridized carbons (Fsp3) is 0.385. The Morgan fingerprint density at radius 2 is 2.21 bits per heavy atom. The molecule has 0 unspecified atom stereocenters. The van der Waals surface area contributed by atoms with Gasteiger partial charge in [-0.1, -0.05) is 5.21 Å². The lowest BCUT2D eigenvalue weighted by Crippen LogP contribution is -2.18. The van der Waals surface area contributed by atoms with Crippen LogP contribution in [0.3, 0.4) is 0 Å². The molecule has 1 aromatic carbocycles. The predicted molar refractivity (Wildman–Crippen MR) is 69.6 cm³/mol. The molecule has 0 fully saturated rings. The topological polar surface area (TPSA) is 52.0 Å². The van der Waals surface area contributed by atoms with E-state index in [-0.39, 0.29) is 5.82 Å². The van der Waals surface area contributed by atoms with Crippen molar-refractivity contribution in [2.45, 2.75) is 13.5 Å². The summed E-state index contributed by atoms with van der Waals surface area (Å²) in [5.41, 5.74) is 2.33. The van der Waals surface area contributed by atoms with Crippen molar-refractivity contribution in [3.8, 4) is 5.69 Å². The summed E-state index contributed by atoms with van der Waals surface area (Å²) >= 11 is 0. The number of methoxy groups -OCH3 is 1. The standard InChI is InChI=1S/C13H17FN4O/c1-10-5-11(14)7-13(6-10)18-9-12(16-17-18)8-15-3-4-19-2/h5-7,9,15H,3-4,8H2,1-2H3. The third kappa shape index (κ3) is 3.84. The van der Waals surface area contributed by atoms with Crippen molar-refractivity contribution in [3.63, 3.8) is 0 Å². The minimum Gasteiger partial charge on any atom is -0.383 e. The number of aryl methyl sites for hydroxylation is 1. The van der Waals surface area contributed by atoms with E-state index in [0.29, 0.717) is 18.8 Å². The zero-order valence-electron chi connectivity index (χ0n) is 11.1. The maximum absolute atomic E-state index is 13.3. The summed E-state index contributed by atoms with van der Waals surface area (Å²) in [5.74, 6) is -0.273. The second-order valence-corrected chi connectivity index (χ2v) is 4.31. The Labute approximate surface area is 111 Å². The number of ether oxygens (including phenoxy) is 1. The zero-order valence-corrected chi connectivity index (χ0v) is 11.1. The first-order valence-electron chi connectivity index (χ1n) is 6.07. The molecule has 6 heteroatoms. The van der Waals surface area contributed by atoms with Gasteiger partial charge in [0.1, 0.15) is 5.82 Å². The van der Waals surface area contributed by atoms with Gasteiger partial charge in [0.05, 0.1) is 24.2 Å². The number of nitrogens with one attached hydrogen (secondary N) is 1. The number of halogens is 1. The van der Waals surface area contributed by atoms with Gasteiger partial charge in [0, 0.05) is 20.2 Å². The number of benzene rings is 1. The van der Waals surface area contributed by atoms with Crippen molar-refractivity contribution in [2.24, 2.45) is 0 Å². The third-order valence-electron chi connectivity index (χ3n) is 2.62. The molecule has 2 rings (SSSR count). The van der Waals surface area contributed by atoms with Gasteiger partial charge in [-0.2, -0.15) is 0 Å². The molecular weight excluding hydrogens is 247 g/mol. The summed E-state index contributed by atoms with van der Waals surface area (Å²) in [5, 5.41) is 11.2. The van der Waals surface area contributed by atoms with Crippen LogP contribution in [0.25, 0.3) is 5.69 Å². The molecule has 2 aromatic rings. The van der Waals surface area contributed by atoms with Crippen molar-refractivity contribution < 1.29 is 9.13 Å². The summed E-state index contributed by atoms with van der Waals surface area (Å²) < 4.78 is 19.8. The number of hydrogen-bond donors (Lipinski definition) is 1. The van der Waals surface area contributed by atoms with Gasteiger partial charge in [0.2, 0.25) is 0 Å². The summed E-state index contributed by atoms with van der Waals surface area (Å²) in [6.07, 6.45) is 1.79. The van der Waals surface area contributed by atoms with Crippen LogP contribution in [-0.4, -0.2) is 35.3 Å². The van der Waals surface area contributed by atoms with E-state index < -0.39 is 0 Å². The van der Waals surface area contributed by atoms with Crippen molar-refractivity contribution in [1.82, 2.24) is 20.3 Å². The smallest absolute Gasteiger partial charge is 0.125 e. The lowest BCUT2D eigenvalue weighted by atomic mass is 10.2. The summed E-state index contributed by atoms with van der Waals surface area (Å²) in [6.45, 7) is 3.86. The van der Waals surface area contributed by atoms with Crippen molar-refractivity contribution in [2.75, 3.05) is 20.3 Å². The summed E-state index contributed by atoms with van der Waals surface area (Å²) in [7, 11) is 1.66. The normalized spacial score (nSPS) is 10.9. The number of hydrogen-bond acceptors (Lipinski definition) is 4. The second kappa shape index (κ2) is 6.40. The first-order valence-corrected chi connectivity index (χ1v) is 6.07. The van der Waals surface area contributed by atoms with E-state index in [2.05, 4.69) is 15.6 Å². The van der Waals surface area contributed by atoms with Gasteiger partial charge >= 0.3 is 0 Å². The molecule has 0 atom stereocenters. The highest BCUT2D eigenvalue weighted by Crippen LogP contribution is 2.12. The van der Waals surface area contributed by atoms with Crippen LogP contribution in [0.1, 0.15) is 11.3 Å². The van der Waals surface area contributed by atoms with E-state index in [9.17, 15) is 4.39 Å². The minimum atomic E-state index is -0.273. The van der Waals surface area contributed by atoms with E-state index in [1.165, 1.54) is 12.1 Å². The average Bonchev–Trinajstić information content (AvgIpc) is 2.82. The van der Waals surface area contributed by atoms with E-state index >= 15 is 0 Å². The molecule has 0 aliphatic rings. The molecular formula is C13H17FN4O. The van der Waals surface area contributed by atoms with Gasteiger partial charge in [0.15, 0.2) is 0 Å². The fourth-order valence-corrected chi connectivity index (χ4v) is 1.75. The summed E-state index contributed by atoms with van der Waals surface area (Å²) in [6, 6.07) is 4.78. The molecule has 0 aliphatic carbocycles. The number of nitrogens with zero attached hydrogens (tertiary/aromatic N) is 3. The molecule has 0 amide bonds. The first kappa shape index (κ1) is 13.6. The maximum Gasteiger partial charge on any atom is 0.125 e. The van der Waals surface area contributed by atoms with Gasteiger partial charge in [0.25, 0.3) is 0 Å². The molecule has 1 heterocycles. The molecule has 1 N–H and O–H groups in total. The Morgan fingerprint density at radius 1 is 1.37 bits per heavy atom.